The van der Waals surface area contributed by atoms with E-state index in [9.17, 15) is 9.59 Å². The second-order valence-electron chi connectivity index (χ2n) is 4.99. The van der Waals surface area contributed by atoms with E-state index in [-0.39, 0.29) is 11.9 Å². The number of rotatable bonds is 3. The molecule has 4 N–H and O–H groups in total. The summed E-state index contributed by atoms with van der Waals surface area (Å²) in [6.07, 6.45) is 2.39. The molecule has 0 spiro atoms. The van der Waals surface area contributed by atoms with Crippen molar-refractivity contribution in [3.8, 4) is 0 Å². The number of piperidine rings is 3. The SMILES string of the molecule is CC(NC1CN2CCC1CC2)C(=O)NC(N)=O. The number of fused-ring (bicyclic) bond motifs is 3. The molecule has 0 radical (unpaired) electrons. The van der Waals surface area contributed by atoms with E-state index in [4.69, 9.17) is 5.73 Å². The number of nitrogens with zero attached hydrogens (tertiary/aromatic N) is 1. The molecule has 3 rings (SSSR count). The van der Waals surface area contributed by atoms with E-state index < -0.39 is 6.03 Å². The van der Waals surface area contributed by atoms with Crippen molar-refractivity contribution >= 4 is 11.9 Å². The van der Waals surface area contributed by atoms with Crippen LogP contribution in [0.25, 0.3) is 0 Å². The Hall–Kier alpha value is -1.14. The summed E-state index contributed by atoms with van der Waals surface area (Å²) in [6.45, 7) is 5.10. The van der Waals surface area contributed by atoms with Crippen LogP contribution >= 0.6 is 0 Å². The average Bonchev–Trinajstić information content (AvgIpc) is 2.29. The average molecular weight is 240 g/mol. The number of nitrogens with two attached hydrogens (primary N) is 1. The largest absolute Gasteiger partial charge is 0.351 e. The van der Waals surface area contributed by atoms with Gasteiger partial charge in [-0.15, -0.1) is 0 Å². The highest BCUT2D eigenvalue weighted by molar-refractivity contribution is 5.96. The first-order valence-corrected chi connectivity index (χ1v) is 6.15. The van der Waals surface area contributed by atoms with Gasteiger partial charge in [0.25, 0.3) is 0 Å². The molecule has 2 bridgehead atoms. The van der Waals surface area contributed by atoms with Crippen molar-refractivity contribution in [3.63, 3.8) is 0 Å². The van der Waals surface area contributed by atoms with Gasteiger partial charge in [-0.05, 0) is 38.8 Å². The number of nitrogens with one attached hydrogen (secondary N) is 2. The van der Waals surface area contributed by atoms with Crippen molar-refractivity contribution in [2.24, 2.45) is 11.7 Å². The van der Waals surface area contributed by atoms with Crippen molar-refractivity contribution in [2.45, 2.75) is 31.8 Å². The van der Waals surface area contributed by atoms with Gasteiger partial charge in [0.1, 0.15) is 0 Å². The lowest BCUT2D eigenvalue weighted by Crippen LogP contribution is -2.60. The standard InChI is InChI=1S/C11H20N4O2/c1-7(10(16)14-11(12)17)13-9-6-15-4-2-8(9)3-5-15/h7-9,13H,2-6H2,1H3,(H3,12,14,16,17). The van der Waals surface area contributed by atoms with Gasteiger partial charge < -0.3 is 16.0 Å². The van der Waals surface area contributed by atoms with E-state index in [1.807, 2.05) is 0 Å². The molecule has 2 unspecified atom stereocenters. The monoisotopic (exact) mass is 240 g/mol. The maximum atomic E-state index is 11.5. The second-order valence-corrected chi connectivity index (χ2v) is 4.99. The minimum Gasteiger partial charge on any atom is -0.351 e. The lowest BCUT2D eigenvalue weighted by atomic mass is 9.83. The highest BCUT2D eigenvalue weighted by atomic mass is 16.2. The lowest BCUT2D eigenvalue weighted by molar-refractivity contribution is -0.122. The van der Waals surface area contributed by atoms with Crippen molar-refractivity contribution < 1.29 is 9.59 Å². The fraction of sp³-hybridized carbons (Fsp3) is 0.818. The van der Waals surface area contributed by atoms with Gasteiger partial charge in [-0.1, -0.05) is 0 Å². The van der Waals surface area contributed by atoms with Crippen molar-refractivity contribution in [3.05, 3.63) is 0 Å². The van der Waals surface area contributed by atoms with Crippen LogP contribution < -0.4 is 16.4 Å². The molecule has 3 heterocycles. The number of urea groups is 1. The van der Waals surface area contributed by atoms with Crippen molar-refractivity contribution in [1.29, 1.82) is 0 Å². The Balaban J connectivity index is 1.84. The first-order valence-electron chi connectivity index (χ1n) is 6.15. The second kappa shape index (κ2) is 5.01. The lowest BCUT2D eigenvalue weighted by Gasteiger charge is -2.45. The van der Waals surface area contributed by atoms with Gasteiger partial charge in [0, 0.05) is 12.6 Å². The van der Waals surface area contributed by atoms with Gasteiger partial charge in [-0.3, -0.25) is 10.1 Å². The van der Waals surface area contributed by atoms with Crippen molar-refractivity contribution in [1.82, 2.24) is 15.5 Å². The summed E-state index contributed by atoms with van der Waals surface area (Å²) < 4.78 is 0. The zero-order valence-corrected chi connectivity index (χ0v) is 10.1. The number of amides is 3. The van der Waals surface area contributed by atoms with Crippen LogP contribution in [-0.4, -0.2) is 48.6 Å². The molecule has 0 aromatic carbocycles. The fourth-order valence-corrected chi connectivity index (χ4v) is 2.78. The molecule has 3 aliphatic heterocycles. The van der Waals surface area contributed by atoms with Crippen LogP contribution in [0, 0.1) is 5.92 Å². The molecule has 0 aromatic heterocycles. The highest BCUT2D eigenvalue weighted by Crippen LogP contribution is 2.27. The van der Waals surface area contributed by atoms with Crippen LogP contribution in [0.2, 0.25) is 0 Å². The van der Waals surface area contributed by atoms with Gasteiger partial charge in [0.15, 0.2) is 0 Å². The van der Waals surface area contributed by atoms with Gasteiger partial charge in [-0.25, -0.2) is 4.79 Å². The third-order valence-electron chi connectivity index (χ3n) is 3.76. The van der Waals surface area contributed by atoms with Crippen LogP contribution in [-0.2, 0) is 4.79 Å². The summed E-state index contributed by atoms with van der Waals surface area (Å²) >= 11 is 0. The number of hydrogen-bond acceptors (Lipinski definition) is 4. The Morgan fingerprint density at radius 2 is 2.00 bits per heavy atom. The normalized spacial score (nSPS) is 33.1. The molecule has 0 saturated carbocycles. The molecule has 3 aliphatic rings. The van der Waals surface area contributed by atoms with E-state index >= 15 is 0 Å². The zero-order chi connectivity index (χ0) is 12.4. The summed E-state index contributed by atoms with van der Waals surface area (Å²) in [5, 5.41) is 5.39. The molecule has 6 nitrogen and oxygen atoms in total. The summed E-state index contributed by atoms with van der Waals surface area (Å²) in [4.78, 5) is 24.5. The first-order chi connectivity index (χ1) is 8.06. The third-order valence-corrected chi connectivity index (χ3v) is 3.76. The molecular formula is C11H20N4O2. The van der Waals surface area contributed by atoms with Crippen LogP contribution in [0.4, 0.5) is 4.79 Å². The topological polar surface area (TPSA) is 87.5 Å². The maximum absolute atomic E-state index is 11.5. The Kier molecular flexibility index (Phi) is 3.63. The van der Waals surface area contributed by atoms with E-state index in [1.165, 1.54) is 25.9 Å². The van der Waals surface area contributed by atoms with Crippen LogP contribution in [0.15, 0.2) is 0 Å². The maximum Gasteiger partial charge on any atom is 0.318 e. The Morgan fingerprint density at radius 3 is 2.47 bits per heavy atom. The van der Waals surface area contributed by atoms with E-state index in [0.29, 0.717) is 12.0 Å². The Morgan fingerprint density at radius 1 is 1.35 bits per heavy atom. The van der Waals surface area contributed by atoms with Gasteiger partial charge >= 0.3 is 6.03 Å². The zero-order valence-electron chi connectivity index (χ0n) is 10.1. The molecule has 2 atom stereocenters. The van der Waals surface area contributed by atoms with Crippen LogP contribution in [0.3, 0.4) is 0 Å². The Bertz CT molecular complexity index is 313. The van der Waals surface area contributed by atoms with Gasteiger partial charge in [0.2, 0.25) is 5.91 Å². The molecule has 3 fully saturated rings. The van der Waals surface area contributed by atoms with Crippen LogP contribution in [0.5, 0.6) is 0 Å². The van der Waals surface area contributed by atoms with E-state index in [2.05, 4.69) is 15.5 Å². The highest BCUT2D eigenvalue weighted by Gasteiger charge is 2.35. The van der Waals surface area contributed by atoms with E-state index in [1.54, 1.807) is 6.92 Å². The molecule has 3 amide bonds. The number of carbonyl (C=O) groups is 2. The smallest absolute Gasteiger partial charge is 0.318 e. The fourth-order valence-electron chi connectivity index (χ4n) is 2.78. The predicted octanol–water partition coefficient (Wildman–Crippen LogP) is -0.746. The predicted molar refractivity (Wildman–Crippen MR) is 63.3 cm³/mol. The molecule has 6 heteroatoms. The summed E-state index contributed by atoms with van der Waals surface area (Å²) in [6, 6.07) is -0.822. The molecule has 17 heavy (non-hydrogen) atoms. The summed E-state index contributed by atoms with van der Waals surface area (Å²) in [7, 11) is 0. The number of hydrogen-bond donors (Lipinski definition) is 3. The number of carbonyl (C=O) groups excluding carboxylic acids is 2. The number of primary amides is 1. The quantitative estimate of drug-likeness (QED) is 0.606. The molecule has 0 aromatic rings. The molecular weight excluding hydrogens is 220 g/mol. The van der Waals surface area contributed by atoms with E-state index in [0.717, 1.165) is 6.54 Å². The van der Waals surface area contributed by atoms with Gasteiger partial charge in [0.05, 0.1) is 6.04 Å². The molecule has 96 valence electrons. The van der Waals surface area contributed by atoms with Crippen molar-refractivity contribution in [2.75, 3.05) is 19.6 Å². The summed E-state index contributed by atoms with van der Waals surface area (Å²) in [5.74, 6) is 0.303. The summed E-state index contributed by atoms with van der Waals surface area (Å²) in [5.41, 5.74) is 4.92. The third kappa shape index (κ3) is 2.95. The van der Waals surface area contributed by atoms with Crippen LogP contribution in [0.1, 0.15) is 19.8 Å². The minimum absolute atomic E-state index is 0.353. The molecule has 0 aliphatic carbocycles. The van der Waals surface area contributed by atoms with Gasteiger partial charge in [-0.2, -0.15) is 0 Å². The minimum atomic E-state index is -0.794. The first kappa shape index (κ1) is 12.3. The Labute approximate surface area is 101 Å². The number of imide groups is 1. The molecule has 3 saturated heterocycles.